The molecule has 0 saturated heterocycles. The van der Waals surface area contributed by atoms with Gasteiger partial charge >= 0.3 is 0 Å². The van der Waals surface area contributed by atoms with Gasteiger partial charge in [-0.15, -0.1) is 10.2 Å². The summed E-state index contributed by atoms with van der Waals surface area (Å²) < 4.78 is 15.6. The molecule has 3 rings (SSSR count). The van der Waals surface area contributed by atoms with Crippen LogP contribution in [0.5, 0.6) is 0 Å². The second kappa shape index (κ2) is 6.79. The van der Waals surface area contributed by atoms with Gasteiger partial charge in [0.25, 0.3) is 5.69 Å². The number of thioether (sulfide) groups is 1. The van der Waals surface area contributed by atoms with E-state index >= 15 is 0 Å². The SMILES string of the molecule is Cn1c(SCc2ccccc2[N+](=O)[O-])nnc1-c1ccccc1F. The van der Waals surface area contributed by atoms with Crippen molar-refractivity contribution in [2.75, 3.05) is 0 Å². The molecule has 1 heterocycles. The summed E-state index contributed by atoms with van der Waals surface area (Å²) in [5.41, 5.74) is 1.04. The highest BCUT2D eigenvalue weighted by Gasteiger charge is 2.17. The van der Waals surface area contributed by atoms with E-state index in [-0.39, 0.29) is 11.5 Å². The molecule has 0 amide bonds. The van der Waals surface area contributed by atoms with Crippen LogP contribution in [0.2, 0.25) is 0 Å². The molecule has 0 N–H and O–H groups in total. The molecule has 1 aromatic heterocycles. The number of halogens is 1. The molecule has 0 bridgehead atoms. The molecule has 0 saturated carbocycles. The molecule has 0 radical (unpaired) electrons. The number of nitro groups is 1. The summed E-state index contributed by atoms with van der Waals surface area (Å²) in [7, 11) is 1.74. The molecule has 0 spiro atoms. The molecular formula is C16H13FN4O2S. The summed E-state index contributed by atoms with van der Waals surface area (Å²) >= 11 is 1.32. The van der Waals surface area contributed by atoms with E-state index in [1.54, 1.807) is 48.0 Å². The number of aromatic nitrogens is 3. The Balaban J connectivity index is 1.83. The van der Waals surface area contributed by atoms with Crippen LogP contribution in [0.15, 0.2) is 53.7 Å². The molecule has 122 valence electrons. The molecule has 0 atom stereocenters. The molecule has 2 aromatic carbocycles. The number of hydrogen-bond acceptors (Lipinski definition) is 5. The average molecular weight is 344 g/mol. The van der Waals surface area contributed by atoms with Crippen LogP contribution in [0.3, 0.4) is 0 Å². The van der Waals surface area contributed by atoms with Crippen molar-refractivity contribution >= 4 is 17.4 Å². The van der Waals surface area contributed by atoms with Gasteiger partial charge in [-0.2, -0.15) is 0 Å². The number of para-hydroxylation sites is 1. The van der Waals surface area contributed by atoms with Gasteiger partial charge in [0.2, 0.25) is 0 Å². The van der Waals surface area contributed by atoms with Crippen LogP contribution >= 0.6 is 11.8 Å². The molecule has 0 fully saturated rings. The maximum atomic E-state index is 13.9. The molecular weight excluding hydrogens is 331 g/mol. The largest absolute Gasteiger partial charge is 0.305 e. The van der Waals surface area contributed by atoms with Crippen LogP contribution in [0.1, 0.15) is 5.56 Å². The van der Waals surface area contributed by atoms with E-state index in [0.717, 1.165) is 0 Å². The number of rotatable bonds is 5. The smallest absolute Gasteiger partial charge is 0.273 e. The van der Waals surface area contributed by atoms with E-state index in [1.165, 1.54) is 23.9 Å². The molecule has 0 aliphatic rings. The average Bonchev–Trinajstić information content (AvgIpc) is 2.94. The summed E-state index contributed by atoms with van der Waals surface area (Å²) in [5, 5.41) is 19.7. The van der Waals surface area contributed by atoms with Crippen LogP contribution in [0, 0.1) is 15.9 Å². The lowest BCUT2D eigenvalue weighted by atomic mass is 10.2. The Morgan fingerprint density at radius 3 is 2.62 bits per heavy atom. The topological polar surface area (TPSA) is 73.8 Å². The van der Waals surface area contributed by atoms with Gasteiger partial charge in [0.05, 0.1) is 10.5 Å². The van der Waals surface area contributed by atoms with Crippen molar-refractivity contribution < 1.29 is 9.31 Å². The Morgan fingerprint density at radius 2 is 1.88 bits per heavy atom. The third-order valence-corrected chi connectivity index (χ3v) is 4.56. The minimum Gasteiger partial charge on any atom is -0.305 e. The van der Waals surface area contributed by atoms with Crippen molar-refractivity contribution in [2.45, 2.75) is 10.9 Å². The lowest BCUT2D eigenvalue weighted by molar-refractivity contribution is -0.385. The number of hydrogen-bond donors (Lipinski definition) is 0. The van der Waals surface area contributed by atoms with Crippen LogP contribution in [-0.4, -0.2) is 19.7 Å². The number of nitro benzene ring substituents is 1. The minimum absolute atomic E-state index is 0.0708. The van der Waals surface area contributed by atoms with Crippen molar-refractivity contribution in [1.29, 1.82) is 0 Å². The van der Waals surface area contributed by atoms with Gasteiger partial charge in [-0.05, 0) is 12.1 Å². The van der Waals surface area contributed by atoms with Crippen molar-refractivity contribution in [3.05, 3.63) is 70.0 Å². The summed E-state index contributed by atoms with van der Waals surface area (Å²) in [5.74, 6) is 0.418. The lowest BCUT2D eigenvalue weighted by Crippen LogP contribution is -1.97. The molecule has 3 aromatic rings. The van der Waals surface area contributed by atoms with Gasteiger partial charge in [-0.1, -0.05) is 42.1 Å². The second-order valence-corrected chi connectivity index (χ2v) is 5.96. The zero-order valence-corrected chi connectivity index (χ0v) is 13.5. The van der Waals surface area contributed by atoms with Gasteiger partial charge in [0.15, 0.2) is 11.0 Å². The summed E-state index contributed by atoms with van der Waals surface area (Å²) in [6.45, 7) is 0. The van der Waals surface area contributed by atoms with Crippen molar-refractivity contribution in [1.82, 2.24) is 14.8 Å². The fourth-order valence-electron chi connectivity index (χ4n) is 2.27. The lowest BCUT2D eigenvalue weighted by Gasteiger charge is -2.05. The van der Waals surface area contributed by atoms with Gasteiger partial charge < -0.3 is 4.57 Å². The van der Waals surface area contributed by atoms with Gasteiger partial charge in [-0.3, -0.25) is 10.1 Å². The normalized spacial score (nSPS) is 10.8. The summed E-state index contributed by atoms with van der Waals surface area (Å²) in [4.78, 5) is 10.6. The third kappa shape index (κ3) is 3.13. The van der Waals surface area contributed by atoms with Gasteiger partial charge in [-0.25, -0.2) is 4.39 Å². The number of benzene rings is 2. The first kappa shape index (κ1) is 16.1. The predicted molar refractivity (Wildman–Crippen MR) is 89.1 cm³/mol. The molecule has 0 unspecified atom stereocenters. The Hall–Kier alpha value is -2.74. The van der Waals surface area contributed by atoms with E-state index in [2.05, 4.69) is 10.2 Å². The maximum absolute atomic E-state index is 13.9. The second-order valence-electron chi connectivity index (χ2n) is 5.02. The Kier molecular flexibility index (Phi) is 4.57. The first-order valence-electron chi connectivity index (χ1n) is 7.07. The predicted octanol–water partition coefficient (Wildman–Crippen LogP) is 3.82. The zero-order valence-electron chi connectivity index (χ0n) is 12.7. The fraction of sp³-hybridized carbons (Fsp3) is 0.125. The molecule has 0 aliphatic carbocycles. The highest BCUT2D eigenvalue weighted by atomic mass is 32.2. The van der Waals surface area contributed by atoms with Crippen molar-refractivity contribution in [2.24, 2.45) is 7.05 Å². The first-order valence-corrected chi connectivity index (χ1v) is 8.06. The third-order valence-electron chi connectivity index (χ3n) is 3.49. The van der Waals surface area contributed by atoms with Gasteiger partial charge in [0, 0.05) is 24.4 Å². The Labute approximate surface area is 141 Å². The maximum Gasteiger partial charge on any atom is 0.273 e. The van der Waals surface area contributed by atoms with Crippen molar-refractivity contribution in [3.63, 3.8) is 0 Å². The summed E-state index contributed by atoms with van der Waals surface area (Å²) in [6.07, 6.45) is 0. The van der Waals surface area contributed by atoms with E-state index < -0.39 is 4.92 Å². The highest BCUT2D eigenvalue weighted by molar-refractivity contribution is 7.98. The fourth-order valence-corrected chi connectivity index (χ4v) is 3.18. The molecule has 0 aliphatic heterocycles. The summed E-state index contributed by atoms with van der Waals surface area (Å²) in [6, 6.07) is 12.9. The molecule has 8 heteroatoms. The zero-order chi connectivity index (χ0) is 17.1. The monoisotopic (exact) mass is 344 g/mol. The highest BCUT2D eigenvalue weighted by Crippen LogP contribution is 2.29. The van der Waals surface area contributed by atoms with Crippen LogP contribution in [0.4, 0.5) is 10.1 Å². The quantitative estimate of drug-likeness (QED) is 0.400. The van der Waals surface area contributed by atoms with E-state index in [4.69, 9.17) is 0 Å². The minimum atomic E-state index is -0.405. The Bertz CT molecular complexity index is 897. The van der Waals surface area contributed by atoms with Crippen molar-refractivity contribution in [3.8, 4) is 11.4 Å². The first-order chi connectivity index (χ1) is 11.6. The number of nitrogens with zero attached hydrogens (tertiary/aromatic N) is 4. The van der Waals surface area contributed by atoms with E-state index in [9.17, 15) is 14.5 Å². The Morgan fingerprint density at radius 1 is 1.17 bits per heavy atom. The van der Waals surface area contributed by atoms with Crippen LogP contribution < -0.4 is 0 Å². The van der Waals surface area contributed by atoms with Crippen LogP contribution in [-0.2, 0) is 12.8 Å². The van der Waals surface area contributed by atoms with E-state index in [0.29, 0.717) is 27.9 Å². The molecule has 24 heavy (non-hydrogen) atoms. The van der Waals surface area contributed by atoms with Crippen LogP contribution in [0.25, 0.3) is 11.4 Å². The van der Waals surface area contributed by atoms with E-state index in [1.807, 2.05) is 0 Å². The standard InChI is InChI=1S/C16H13FN4O2S/c1-20-15(12-7-3-4-8-13(12)17)18-19-16(20)24-10-11-6-2-5-9-14(11)21(22)23/h2-9H,10H2,1H3. The molecule has 6 nitrogen and oxygen atoms in total. The van der Waals surface area contributed by atoms with Gasteiger partial charge in [0.1, 0.15) is 5.82 Å².